The van der Waals surface area contributed by atoms with Crippen molar-refractivity contribution >= 4 is 23.5 Å². The number of hydrogen-bond acceptors (Lipinski definition) is 3. The summed E-state index contributed by atoms with van der Waals surface area (Å²) in [6.45, 7) is 3.74. The summed E-state index contributed by atoms with van der Waals surface area (Å²) >= 11 is 0. The van der Waals surface area contributed by atoms with E-state index in [2.05, 4.69) is 16.7 Å². The van der Waals surface area contributed by atoms with Gasteiger partial charge in [-0.1, -0.05) is 38.8 Å². The summed E-state index contributed by atoms with van der Waals surface area (Å²) in [5.41, 5.74) is 2.41. The molecule has 1 fully saturated rings. The molecule has 1 aliphatic heterocycles. The number of carbonyl (C=O) groups is 3. The van der Waals surface area contributed by atoms with Crippen molar-refractivity contribution in [3.63, 3.8) is 0 Å². The Balaban J connectivity index is 1.71. The van der Waals surface area contributed by atoms with Crippen LogP contribution in [0.25, 0.3) is 0 Å². The number of nitrogens with zero attached hydrogens (tertiary/aromatic N) is 1. The molecule has 1 saturated heterocycles. The average molecular weight is 371 g/mol. The molecule has 1 aliphatic carbocycles. The lowest BCUT2D eigenvalue weighted by Gasteiger charge is -2.25. The zero-order valence-electron chi connectivity index (χ0n) is 16.3. The van der Waals surface area contributed by atoms with E-state index in [4.69, 9.17) is 0 Å². The van der Waals surface area contributed by atoms with Crippen LogP contribution in [0.5, 0.6) is 0 Å². The van der Waals surface area contributed by atoms with Crippen molar-refractivity contribution in [1.82, 2.24) is 10.2 Å². The minimum Gasteiger partial charge on any atom is -0.324 e. The van der Waals surface area contributed by atoms with Gasteiger partial charge in [-0.3, -0.25) is 14.5 Å². The van der Waals surface area contributed by atoms with E-state index >= 15 is 0 Å². The van der Waals surface area contributed by atoms with Gasteiger partial charge in [0.2, 0.25) is 5.91 Å². The van der Waals surface area contributed by atoms with Crippen molar-refractivity contribution in [1.29, 1.82) is 0 Å². The van der Waals surface area contributed by atoms with Crippen LogP contribution in [-0.4, -0.2) is 34.8 Å². The van der Waals surface area contributed by atoms with Gasteiger partial charge in [-0.2, -0.15) is 0 Å². The Kier molecular flexibility index (Phi) is 5.82. The number of rotatable bonds is 7. The molecule has 1 aromatic rings. The van der Waals surface area contributed by atoms with E-state index in [1.165, 1.54) is 17.5 Å². The van der Waals surface area contributed by atoms with Gasteiger partial charge in [0.05, 0.1) is 0 Å². The zero-order valence-corrected chi connectivity index (χ0v) is 16.3. The van der Waals surface area contributed by atoms with Crippen LogP contribution in [-0.2, 0) is 22.4 Å². The van der Waals surface area contributed by atoms with Gasteiger partial charge in [0.15, 0.2) is 0 Å². The number of aryl methyl sites for hydroxylation is 1. The molecule has 0 atom stereocenters. The zero-order chi connectivity index (χ0) is 19.4. The first-order valence-electron chi connectivity index (χ1n) is 10.1. The maximum atomic E-state index is 12.9. The fraction of sp³-hybridized carbons (Fsp3) is 0.571. The topological polar surface area (TPSA) is 78.5 Å². The van der Waals surface area contributed by atoms with E-state index in [0.29, 0.717) is 12.8 Å². The predicted octanol–water partition coefficient (Wildman–Crippen LogP) is 3.39. The Bertz CT molecular complexity index is 738. The molecule has 2 N–H and O–H groups in total. The van der Waals surface area contributed by atoms with Crippen molar-refractivity contribution in [3.8, 4) is 0 Å². The van der Waals surface area contributed by atoms with Gasteiger partial charge in [-0.05, 0) is 55.7 Å². The van der Waals surface area contributed by atoms with Gasteiger partial charge in [-0.15, -0.1) is 0 Å². The highest BCUT2D eigenvalue weighted by Crippen LogP contribution is 2.29. The second-order valence-electron chi connectivity index (χ2n) is 7.60. The molecule has 1 heterocycles. The summed E-state index contributed by atoms with van der Waals surface area (Å²) in [6.07, 6.45) is 7.04. The Labute approximate surface area is 160 Å². The van der Waals surface area contributed by atoms with Crippen LogP contribution in [0.2, 0.25) is 0 Å². The number of nitrogens with one attached hydrogen (secondary N) is 2. The number of hydrogen-bond donors (Lipinski definition) is 2. The van der Waals surface area contributed by atoms with Gasteiger partial charge in [0.1, 0.15) is 12.1 Å². The summed E-state index contributed by atoms with van der Waals surface area (Å²) in [7, 11) is 0. The lowest BCUT2D eigenvalue weighted by atomic mass is 9.88. The van der Waals surface area contributed by atoms with Crippen molar-refractivity contribution in [2.24, 2.45) is 0 Å². The predicted molar refractivity (Wildman–Crippen MR) is 105 cm³/mol. The van der Waals surface area contributed by atoms with Crippen LogP contribution in [0.3, 0.4) is 0 Å². The van der Waals surface area contributed by atoms with Crippen molar-refractivity contribution in [3.05, 3.63) is 29.3 Å². The average Bonchev–Trinajstić information content (AvgIpc) is 2.87. The van der Waals surface area contributed by atoms with Gasteiger partial charge >= 0.3 is 6.03 Å². The fourth-order valence-electron chi connectivity index (χ4n) is 4.37. The summed E-state index contributed by atoms with van der Waals surface area (Å²) in [5.74, 6) is -0.609. The summed E-state index contributed by atoms with van der Waals surface area (Å²) in [4.78, 5) is 38.9. The second kappa shape index (κ2) is 8.11. The molecule has 0 unspecified atom stereocenters. The number of benzene rings is 1. The molecule has 1 aromatic carbocycles. The third kappa shape index (κ3) is 3.84. The number of urea groups is 1. The molecule has 27 heavy (non-hydrogen) atoms. The van der Waals surface area contributed by atoms with Gasteiger partial charge in [0, 0.05) is 5.69 Å². The minimum atomic E-state index is -0.854. The van der Waals surface area contributed by atoms with E-state index < -0.39 is 11.6 Å². The molecule has 146 valence electrons. The largest absolute Gasteiger partial charge is 0.325 e. The van der Waals surface area contributed by atoms with Crippen LogP contribution >= 0.6 is 0 Å². The van der Waals surface area contributed by atoms with Gasteiger partial charge in [0.25, 0.3) is 5.91 Å². The first kappa shape index (κ1) is 19.4. The maximum absolute atomic E-state index is 12.9. The summed E-state index contributed by atoms with van der Waals surface area (Å²) in [5, 5.41) is 5.76. The lowest BCUT2D eigenvalue weighted by Crippen LogP contribution is -2.47. The quantitative estimate of drug-likeness (QED) is 0.721. The van der Waals surface area contributed by atoms with Gasteiger partial charge < -0.3 is 10.6 Å². The fourth-order valence-corrected chi connectivity index (χ4v) is 4.37. The van der Waals surface area contributed by atoms with E-state index in [9.17, 15) is 14.4 Å². The SMILES string of the molecule is CCCC1(CCC)NC(=O)N(CC(=O)Nc2cccc3c2CCCC3)C1=O. The van der Waals surface area contributed by atoms with E-state index in [1.54, 1.807) is 0 Å². The van der Waals surface area contributed by atoms with Crippen LogP contribution < -0.4 is 10.6 Å². The molecule has 0 aromatic heterocycles. The van der Waals surface area contributed by atoms with Crippen LogP contribution in [0, 0.1) is 0 Å². The Morgan fingerprint density at radius 1 is 1.15 bits per heavy atom. The molecule has 0 radical (unpaired) electrons. The summed E-state index contributed by atoms with van der Waals surface area (Å²) < 4.78 is 0. The summed E-state index contributed by atoms with van der Waals surface area (Å²) in [6, 6.07) is 5.48. The van der Waals surface area contributed by atoms with E-state index in [-0.39, 0.29) is 18.4 Å². The number of anilines is 1. The van der Waals surface area contributed by atoms with E-state index in [0.717, 1.165) is 42.7 Å². The molecule has 0 bridgehead atoms. The Morgan fingerprint density at radius 2 is 1.85 bits per heavy atom. The molecular formula is C21H29N3O3. The monoisotopic (exact) mass is 371 g/mol. The maximum Gasteiger partial charge on any atom is 0.325 e. The van der Waals surface area contributed by atoms with Crippen molar-refractivity contribution < 1.29 is 14.4 Å². The third-order valence-electron chi connectivity index (χ3n) is 5.57. The van der Waals surface area contributed by atoms with E-state index in [1.807, 2.05) is 26.0 Å². The smallest absolute Gasteiger partial charge is 0.324 e. The minimum absolute atomic E-state index is 0.247. The normalized spacial score (nSPS) is 18.2. The molecule has 2 aliphatic rings. The molecule has 6 nitrogen and oxygen atoms in total. The number of amides is 4. The molecule has 3 rings (SSSR count). The number of carbonyl (C=O) groups excluding carboxylic acids is 3. The molecular weight excluding hydrogens is 342 g/mol. The first-order valence-corrected chi connectivity index (χ1v) is 10.1. The highest BCUT2D eigenvalue weighted by molar-refractivity contribution is 6.10. The highest BCUT2D eigenvalue weighted by atomic mass is 16.2. The third-order valence-corrected chi connectivity index (χ3v) is 5.57. The molecule has 6 heteroatoms. The van der Waals surface area contributed by atoms with Crippen LogP contribution in [0.15, 0.2) is 18.2 Å². The standard InChI is InChI=1S/C21H29N3O3/c1-3-12-21(13-4-2)19(26)24(20(27)23-21)14-18(25)22-17-11-7-9-15-8-5-6-10-16(15)17/h7,9,11H,3-6,8,10,12-14H2,1-2H3,(H,22,25)(H,23,27). The van der Waals surface area contributed by atoms with Crippen molar-refractivity contribution in [2.75, 3.05) is 11.9 Å². The number of fused-ring (bicyclic) bond motifs is 1. The second-order valence-corrected chi connectivity index (χ2v) is 7.60. The Hall–Kier alpha value is -2.37. The van der Waals surface area contributed by atoms with Crippen molar-refractivity contribution in [2.45, 2.75) is 70.8 Å². The van der Waals surface area contributed by atoms with Crippen LogP contribution in [0.1, 0.15) is 63.5 Å². The molecule has 0 saturated carbocycles. The van der Waals surface area contributed by atoms with Crippen LogP contribution in [0.4, 0.5) is 10.5 Å². The number of imide groups is 1. The lowest BCUT2D eigenvalue weighted by molar-refractivity contribution is -0.134. The molecule has 0 spiro atoms. The van der Waals surface area contributed by atoms with Gasteiger partial charge in [-0.25, -0.2) is 4.79 Å². The highest BCUT2D eigenvalue weighted by Gasteiger charge is 2.50. The molecule has 4 amide bonds. The Morgan fingerprint density at radius 3 is 2.56 bits per heavy atom. The first-order chi connectivity index (χ1) is 13.0.